The van der Waals surface area contributed by atoms with Crippen LogP contribution in [0.1, 0.15) is 55.5 Å². The van der Waals surface area contributed by atoms with Crippen LogP contribution in [0.5, 0.6) is 0 Å². The summed E-state index contributed by atoms with van der Waals surface area (Å²) in [6.45, 7) is 10.7. The molecule has 0 N–H and O–H groups in total. The standard InChI is InChI=1S/C17H16O2.C11H12S/c1-10(2)12-5-4-6-14-16(18)13-8-7-11(3)9-15(13)19-17(12)14;1-8(2)11-7-9-5-3-4-6-10(9)12-11/h4-10H,1-3H3;3-8H,1-2H3. The van der Waals surface area contributed by atoms with Crippen LogP contribution in [-0.4, -0.2) is 0 Å². The third kappa shape index (κ3) is 4.28. The van der Waals surface area contributed by atoms with Gasteiger partial charge in [0.1, 0.15) is 11.2 Å². The smallest absolute Gasteiger partial charge is 0.200 e. The molecule has 0 aliphatic carbocycles. The average Bonchev–Trinajstić information content (AvgIpc) is 3.18. The lowest BCUT2D eigenvalue weighted by Gasteiger charge is -2.09. The number of aryl methyl sites for hydroxylation is 1. The van der Waals surface area contributed by atoms with E-state index in [1.54, 1.807) is 0 Å². The van der Waals surface area contributed by atoms with Gasteiger partial charge in [0.25, 0.3) is 0 Å². The van der Waals surface area contributed by atoms with E-state index in [4.69, 9.17) is 4.42 Å². The summed E-state index contributed by atoms with van der Waals surface area (Å²) in [6.07, 6.45) is 0. The summed E-state index contributed by atoms with van der Waals surface area (Å²) in [4.78, 5) is 14.0. The lowest BCUT2D eigenvalue weighted by Crippen LogP contribution is -2.04. The second-order valence-electron chi connectivity index (χ2n) is 8.65. The molecule has 5 rings (SSSR count). The first-order valence-corrected chi connectivity index (χ1v) is 11.6. The van der Waals surface area contributed by atoms with Gasteiger partial charge >= 0.3 is 0 Å². The number of rotatable bonds is 2. The van der Waals surface area contributed by atoms with Crippen molar-refractivity contribution < 1.29 is 4.42 Å². The van der Waals surface area contributed by atoms with Gasteiger partial charge in [-0.1, -0.05) is 64.1 Å². The van der Waals surface area contributed by atoms with Gasteiger partial charge in [-0.2, -0.15) is 0 Å². The Hall–Kier alpha value is -2.91. The maximum absolute atomic E-state index is 12.5. The third-order valence-corrected chi connectivity index (χ3v) is 6.94. The summed E-state index contributed by atoms with van der Waals surface area (Å²) in [5.41, 5.74) is 3.62. The molecule has 0 fully saturated rings. The Morgan fingerprint density at radius 2 is 1.58 bits per heavy atom. The van der Waals surface area contributed by atoms with E-state index in [9.17, 15) is 4.79 Å². The highest BCUT2D eigenvalue weighted by Crippen LogP contribution is 2.30. The Labute approximate surface area is 187 Å². The normalized spacial score (nSPS) is 11.5. The lowest BCUT2D eigenvalue weighted by molar-refractivity contribution is 0.648. The van der Waals surface area contributed by atoms with Crippen molar-refractivity contribution in [3.8, 4) is 0 Å². The highest BCUT2D eigenvalue weighted by molar-refractivity contribution is 7.19. The largest absolute Gasteiger partial charge is 0.456 e. The lowest BCUT2D eigenvalue weighted by atomic mass is 9.99. The quantitative estimate of drug-likeness (QED) is 0.264. The van der Waals surface area contributed by atoms with Crippen molar-refractivity contribution in [2.45, 2.75) is 46.5 Å². The van der Waals surface area contributed by atoms with Gasteiger partial charge in [-0.25, -0.2) is 0 Å². The molecule has 31 heavy (non-hydrogen) atoms. The number of hydrogen-bond acceptors (Lipinski definition) is 3. The number of fused-ring (bicyclic) bond motifs is 3. The molecule has 3 heteroatoms. The van der Waals surface area contributed by atoms with E-state index in [2.05, 4.69) is 58.0 Å². The fourth-order valence-corrected chi connectivity index (χ4v) is 4.81. The first kappa shape index (κ1) is 21.3. The summed E-state index contributed by atoms with van der Waals surface area (Å²) < 4.78 is 7.40. The molecule has 158 valence electrons. The minimum Gasteiger partial charge on any atom is -0.456 e. The van der Waals surface area contributed by atoms with E-state index < -0.39 is 0 Å². The summed E-state index contributed by atoms with van der Waals surface area (Å²) in [5, 5.41) is 2.70. The molecule has 3 aromatic carbocycles. The first-order chi connectivity index (χ1) is 14.8. The summed E-state index contributed by atoms with van der Waals surface area (Å²) in [6, 6.07) is 22.4. The first-order valence-electron chi connectivity index (χ1n) is 10.8. The fourth-order valence-electron chi connectivity index (χ4n) is 3.75. The number of hydrogen-bond donors (Lipinski definition) is 0. The van der Waals surface area contributed by atoms with Crippen molar-refractivity contribution in [3.05, 3.63) is 93.0 Å². The molecule has 0 radical (unpaired) electrons. The second kappa shape index (κ2) is 8.68. The molecule has 0 unspecified atom stereocenters. The van der Waals surface area contributed by atoms with Crippen molar-refractivity contribution in [1.82, 2.24) is 0 Å². The molecule has 2 heterocycles. The molecule has 0 bridgehead atoms. The van der Waals surface area contributed by atoms with Gasteiger partial charge in [-0.05, 0) is 65.6 Å². The molecule has 0 amide bonds. The van der Waals surface area contributed by atoms with E-state index in [1.165, 1.54) is 15.0 Å². The van der Waals surface area contributed by atoms with Gasteiger partial charge in [-0.15, -0.1) is 11.3 Å². The number of para-hydroxylation sites is 1. The highest BCUT2D eigenvalue weighted by atomic mass is 32.1. The minimum absolute atomic E-state index is 0.0544. The highest BCUT2D eigenvalue weighted by Gasteiger charge is 2.12. The van der Waals surface area contributed by atoms with Gasteiger partial charge in [0.05, 0.1) is 10.8 Å². The Morgan fingerprint density at radius 1 is 0.806 bits per heavy atom. The van der Waals surface area contributed by atoms with Crippen LogP contribution in [0.25, 0.3) is 32.0 Å². The number of thiophene rings is 1. The third-order valence-electron chi connectivity index (χ3n) is 5.52. The maximum Gasteiger partial charge on any atom is 0.200 e. The van der Waals surface area contributed by atoms with Crippen LogP contribution < -0.4 is 5.43 Å². The zero-order chi connectivity index (χ0) is 22.1. The molecule has 2 aromatic heterocycles. The van der Waals surface area contributed by atoms with Crippen LogP contribution in [-0.2, 0) is 0 Å². The van der Waals surface area contributed by atoms with Crippen molar-refractivity contribution >= 4 is 43.4 Å². The minimum atomic E-state index is 0.0544. The molecule has 0 aliphatic rings. The Kier molecular flexibility index (Phi) is 5.97. The van der Waals surface area contributed by atoms with Gasteiger partial charge in [0, 0.05) is 9.58 Å². The van der Waals surface area contributed by atoms with E-state index >= 15 is 0 Å². The fraction of sp³-hybridized carbons (Fsp3) is 0.250. The van der Waals surface area contributed by atoms with Crippen LogP contribution in [0.3, 0.4) is 0 Å². The zero-order valence-electron chi connectivity index (χ0n) is 18.7. The number of benzene rings is 3. The van der Waals surface area contributed by atoms with Crippen molar-refractivity contribution in [1.29, 1.82) is 0 Å². The Balaban J connectivity index is 0.000000166. The predicted molar refractivity (Wildman–Crippen MR) is 135 cm³/mol. The van der Waals surface area contributed by atoms with Crippen molar-refractivity contribution in [3.63, 3.8) is 0 Å². The molecular formula is C28H28O2S. The van der Waals surface area contributed by atoms with Gasteiger partial charge in [0.2, 0.25) is 5.43 Å². The maximum atomic E-state index is 12.5. The molecule has 0 saturated heterocycles. The van der Waals surface area contributed by atoms with Gasteiger partial charge < -0.3 is 4.42 Å². The molecular weight excluding hydrogens is 400 g/mol. The molecule has 2 nitrogen and oxygen atoms in total. The van der Waals surface area contributed by atoms with E-state index in [0.717, 1.165) is 16.7 Å². The summed E-state index contributed by atoms with van der Waals surface area (Å²) in [7, 11) is 0. The van der Waals surface area contributed by atoms with Crippen molar-refractivity contribution in [2.24, 2.45) is 0 Å². The molecule has 5 aromatic rings. The van der Waals surface area contributed by atoms with Gasteiger partial charge in [-0.3, -0.25) is 4.79 Å². The molecule has 0 saturated carbocycles. The Bertz CT molecular complexity index is 1390. The van der Waals surface area contributed by atoms with Crippen LogP contribution in [0.2, 0.25) is 0 Å². The zero-order valence-corrected chi connectivity index (χ0v) is 19.5. The van der Waals surface area contributed by atoms with Crippen LogP contribution in [0.15, 0.2) is 75.9 Å². The van der Waals surface area contributed by atoms with E-state index in [1.807, 2.05) is 54.7 Å². The molecule has 0 atom stereocenters. The van der Waals surface area contributed by atoms with Crippen LogP contribution in [0, 0.1) is 6.92 Å². The average molecular weight is 429 g/mol. The SMILES string of the molecule is CC(C)c1cc2ccccc2s1.Cc1ccc2c(=O)c3cccc(C(C)C)c3oc2c1. The summed E-state index contributed by atoms with van der Waals surface area (Å²) >= 11 is 1.91. The molecule has 0 spiro atoms. The van der Waals surface area contributed by atoms with E-state index in [0.29, 0.717) is 28.2 Å². The van der Waals surface area contributed by atoms with Crippen LogP contribution >= 0.6 is 11.3 Å². The topological polar surface area (TPSA) is 30.2 Å². The predicted octanol–water partition coefficient (Wildman–Crippen LogP) is 8.40. The van der Waals surface area contributed by atoms with Gasteiger partial charge in [0.15, 0.2) is 0 Å². The summed E-state index contributed by atoms with van der Waals surface area (Å²) in [5.74, 6) is 0.983. The van der Waals surface area contributed by atoms with Crippen molar-refractivity contribution in [2.75, 3.05) is 0 Å². The Morgan fingerprint density at radius 3 is 2.29 bits per heavy atom. The molecule has 0 aliphatic heterocycles. The van der Waals surface area contributed by atoms with Crippen LogP contribution in [0.4, 0.5) is 0 Å². The monoisotopic (exact) mass is 428 g/mol. The van der Waals surface area contributed by atoms with E-state index in [-0.39, 0.29) is 5.43 Å². The second-order valence-corrected chi connectivity index (χ2v) is 9.77.